The van der Waals surface area contributed by atoms with Gasteiger partial charge in [-0.15, -0.1) is 0 Å². The van der Waals surface area contributed by atoms with Gasteiger partial charge in [-0.05, 0) is 23.9 Å². The molecule has 0 bridgehead atoms. The molecule has 88 valence electrons. The summed E-state index contributed by atoms with van der Waals surface area (Å²) in [7, 11) is -1.39. The molecular formula is C14H17BO2. The Bertz CT molecular complexity index is 463. The Morgan fingerprint density at radius 1 is 1.12 bits per heavy atom. The zero-order valence-electron chi connectivity index (χ0n) is 10.2. The summed E-state index contributed by atoms with van der Waals surface area (Å²) in [6, 6.07) is 5.82. The van der Waals surface area contributed by atoms with E-state index < -0.39 is 7.12 Å². The molecule has 2 rings (SSSR count). The van der Waals surface area contributed by atoms with Crippen LogP contribution in [0, 0.1) is 12.8 Å². The molecule has 0 heterocycles. The minimum atomic E-state index is -1.39. The smallest absolute Gasteiger partial charge is 0.423 e. The first-order valence-electron chi connectivity index (χ1n) is 5.91. The van der Waals surface area contributed by atoms with Gasteiger partial charge in [0.2, 0.25) is 0 Å². The molecule has 0 amide bonds. The predicted molar refractivity (Wildman–Crippen MR) is 71.2 cm³/mol. The van der Waals surface area contributed by atoms with Crippen molar-refractivity contribution in [2.45, 2.75) is 19.8 Å². The molecule has 0 saturated heterocycles. The van der Waals surface area contributed by atoms with E-state index in [4.69, 9.17) is 0 Å². The van der Waals surface area contributed by atoms with Gasteiger partial charge >= 0.3 is 7.12 Å². The van der Waals surface area contributed by atoms with Crippen LogP contribution in [-0.4, -0.2) is 17.2 Å². The van der Waals surface area contributed by atoms with E-state index >= 15 is 0 Å². The van der Waals surface area contributed by atoms with Crippen molar-refractivity contribution < 1.29 is 10.0 Å². The Morgan fingerprint density at radius 2 is 1.82 bits per heavy atom. The third kappa shape index (κ3) is 2.51. The van der Waals surface area contributed by atoms with Crippen molar-refractivity contribution in [1.29, 1.82) is 0 Å². The lowest BCUT2D eigenvalue weighted by Gasteiger charge is -2.21. The Hall–Kier alpha value is -1.32. The van der Waals surface area contributed by atoms with Gasteiger partial charge in [-0.3, -0.25) is 0 Å². The van der Waals surface area contributed by atoms with Gasteiger partial charge in [-0.2, -0.15) is 0 Å². The highest BCUT2D eigenvalue weighted by atomic mass is 16.4. The van der Waals surface area contributed by atoms with Crippen molar-refractivity contribution >= 4 is 12.6 Å². The molecule has 0 radical (unpaired) electrons. The van der Waals surface area contributed by atoms with Crippen molar-refractivity contribution in [3.05, 3.63) is 53.6 Å². The zero-order chi connectivity index (χ0) is 12.4. The molecule has 1 aromatic carbocycles. The van der Waals surface area contributed by atoms with Crippen LogP contribution in [0.25, 0.3) is 0 Å². The molecule has 0 saturated carbocycles. The highest BCUT2D eigenvalue weighted by Crippen LogP contribution is 2.29. The fraction of sp³-hybridized carbons (Fsp3) is 0.286. The van der Waals surface area contributed by atoms with Gasteiger partial charge in [0.05, 0.1) is 0 Å². The summed E-state index contributed by atoms with van der Waals surface area (Å²) in [4.78, 5) is 0. The van der Waals surface area contributed by atoms with Crippen molar-refractivity contribution in [3.63, 3.8) is 0 Å². The van der Waals surface area contributed by atoms with Gasteiger partial charge in [0.15, 0.2) is 0 Å². The third-order valence-corrected chi connectivity index (χ3v) is 3.37. The number of aryl methyl sites for hydroxylation is 1. The van der Waals surface area contributed by atoms with Crippen molar-refractivity contribution in [2.24, 2.45) is 5.92 Å². The molecular weight excluding hydrogens is 211 g/mol. The fourth-order valence-corrected chi connectivity index (χ4v) is 2.33. The van der Waals surface area contributed by atoms with Crippen LogP contribution < -0.4 is 5.46 Å². The lowest BCUT2D eigenvalue weighted by Crippen LogP contribution is -2.32. The predicted octanol–water partition coefficient (Wildman–Crippen LogP) is 1.52. The summed E-state index contributed by atoms with van der Waals surface area (Å²) >= 11 is 0. The molecule has 0 aliphatic heterocycles. The first kappa shape index (κ1) is 12.2. The van der Waals surface area contributed by atoms with Crippen LogP contribution in [-0.2, 0) is 0 Å². The highest BCUT2D eigenvalue weighted by Gasteiger charge is 2.19. The van der Waals surface area contributed by atoms with E-state index in [0.717, 1.165) is 5.56 Å². The normalized spacial score (nSPS) is 22.8. The Morgan fingerprint density at radius 3 is 2.41 bits per heavy atom. The van der Waals surface area contributed by atoms with Crippen molar-refractivity contribution in [1.82, 2.24) is 0 Å². The topological polar surface area (TPSA) is 40.5 Å². The molecule has 3 heteroatoms. The van der Waals surface area contributed by atoms with Gasteiger partial charge in [-0.1, -0.05) is 55.0 Å². The van der Waals surface area contributed by atoms with E-state index in [1.54, 1.807) is 6.07 Å². The number of benzene rings is 1. The minimum absolute atomic E-state index is 0.378. The molecule has 2 nitrogen and oxygen atoms in total. The Kier molecular flexibility index (Phi) is 3.50. The van der Waals surface area contributed by atoms with Gasteiger partial charge in [0, 0.05) is 5.92 Å². The van der Waals surface area contributed by atoms with Crippen LogP contribution in [0.15, 0.2) is 42.5 Å². The van der Waals surface area contributed by atoms with E-state index in [0.29, 0.717) is 17.3 Å². The summed E-state index contributed by atoms with van der Waals surface area (Å²) in [6.45, 7) is 4.10. The third-order valence-electron chi connectivity index (χ3n) is 3.37. The number of allylic oxidation sites excluding steroid dienone is 4. The zero-order valence-corrected chi connectivity index (χ0v) is 10.2. The molecule has 0 aromatic heterocycles. The first-order chi connectivity index (χ1) is 8.09. The van der Waals surface area contributed by atoms with Crippen molar-refractivity contribution in [2.75, 3.05) is 0 Å². The average Bonchev–Trinajstić information content (AvgIpc) is 2.29. The maximum atomic E-state index is 9.19. The van der Waals surface area contributed by atoms with Crippen molar-refractivity contribution in [3.8, 4) is 0 Å². The van der Waals surface area contributed by atoms with E-state index in [9.17, 15) is 10.0 Å². The number of hydrogen-bond acceptors (Lipinski definition) is 2. The fourth-order valence-electron chi connectivity index (χ4n) is 2.33. The monoisotopic (exact) mass is 228 g/mol. The van der Waals surface area contributed by atoms with Gasteiger partial charge < -0.3 is 10.0 Å². The maximum absolute atomic E-state index is 9.19. The van der Waals surface area contributed by atoms with Crippen LogP contribution in [0.2, 0.25) is 0 Å². The molecule has 1 aliphatic carbocycles. The second kappa shape index (κ2) is 4.90. The molecule has 0 spiro atoms. The van der Waals surface area contributed by atoms with Crippen LogP contribution in [0.4, 0.5) is 0 Å². The van der Waals surface area contributed by atoms with Crippen LogP contribution >= 0.6 is 0 Å². The largest absolute Gasteiger partial charge is 0.488 e. The van der Waals surface area contributed by atoms with Gasteiger partial charge in [-0.25, -0.2) is 0 Å². The summed E-state index contributed by atoms with van der Waals surface area (Å²) in [5, 5.41) is 18.4. The Labute approximate surface area is 102 Å². The van der Waals surface area contributed by atoms with E-state index in [1.807, 2.05) is 19.1 Å². The van der Waals surface area contributed by atoms with Gasteiger partial charge in [0.1, 0.15) is 0 Å². The molecule has 0 fully saturated rings. The second-order valence-corrected chi connectivity index (χ2v) is 4.64. The summed E-state index contributed by atoms with van der Waals surface area (Å²) in [5.41, 5.74) is 2.73. The summed E-state index contributed by atoms with van der Waals surface area (Å²) in [5.74, 6) is 0.855. The molecule has 2 atom stereocenters. The van der Waals surface area contributed by atoms with Gasteiger partial charge in [0.25, 0.3) is 0 Å². The minimum Gasteiger partial charge on any atom is -0.423 e. The molecule has 2 unspecified atom stereocenters. The molecule has 2 N–H and O–H groups in total. The molecule has 17 heavy (non-hydrogen) atoms. The van der Waals surface area contributed by atoms with E-state index in [-0.39, 0.29) is 0 Å². The lowest BCUT2D eigenvalue weighted by atomic mass is 9.75. The SMILES string of the molecule is Cc1cc(C2C=CC=CC2C)ccc1B(O)O. The summed E-state index contributed by atoms with van der Waals surface area (Å²) < 4.78 is 0. The van der Waals surface area contributed by atoms with Crippen LogP contribution in [0.1, 0.15) is 24.0 Å². The molecule has 1 aliphatic rings. The first-order valence-corrected chi connectivity index (χ1v) is 5.91. The van der Waals surface area contributed by atoms with E-state index in [1.165, 1.54) is 5.56 Å². The standard InChI is InChI=1S/C14H17BO2/c1-10-5-3-4-6-13(10)12-7-8-14(15(16)17)11(2)9-12/h3-10,13,16-17H,1-2H3. The Balaban J connectivity index is 2.32. The number of rotatable bonds is 2. The van der Waals surface area contributed by atoms with E-state index in [2.05, 4.69) is 31.2 Å². The lowest BCUT2D eigenvalue weighted by molar-refractivity contribution is 0.425. The highest BCUT2D eigenvalue weighted by molar-refractivity contribution is 6.59. The van der Waals surface area contributed by atoms with Crippen LogP contribution in [0.3, 0.4) is 0 Å². The quantitative estimate of drug-likeness (QED) is 0.753. The molecule has 1 aromatic rings. The average molecular weight is 228 g/mol. The maximum Gasteiger partial charge on any atom is 0.488 e. The van der Waals surface area contributed by atoms with Crippen LogP contribution in [0.5, 0.6) is 0 Å². The second-order valence-electron chi connectivity index (χ2n) is 4.64. The number of hydrogen-bond donors (Lipinski definition) is 2. The summed E-state index contributed by atoms with van der Waals surface area (Å²) in [6.07, 6.45) is 8.51.